The van der Waals surface area contributed by atoms with Gasteiger partial charge in [0.1, 0.15) is 5.00 Å². The number of anilines is 2. The van der Waals surface area contributed by atoms with Crippen molar-refractivity contribution in [3.05, 3.63) is 75.7 Å². The number of thioether (sulfide) groups is 1. The molecule has 1 heterocycles. The second-order valence-electron chi connectivity index (χ2n) is 11.3. The van der Waals surface area contributed by atoms with Crippen LogP contribution >= 0.6 is 23.1 Å². The van der Waals surface area contributed by atoms with Gasteiger partial charge in [-0.15, -0.1) is 23.1 Å². The fourth-order valence-corrected chi connectivity index (χ4v) is 7.46. The second kappa shape index (κ2) is 13.1. The van der Waals surface area contributed by atoms with Crippen molar-refractivity contribution in [2.75, 3.05) is 17.7 Å². The largest absolute Gasteiger partial charge is 0.478 e. The Morgan fingerprint density at radius 3 is 2.43 bits per heavy atom. The van der Waals surface area contributed by atoms with Crippen LogP contribution in [-0.4, -0.2) is 41.2 Å². The number of carboxylic acids is 1. The van der Waals surface area contributed by atoms with Gasteiger partial charge in [0.2, 0.25) is 5.91 Å². The predicted octanol–water partition coefficient (Wildman–Crippen LogP) is 7.15. The zero-order valence-corrected chi connectivity index (χ0v) is 26.0. The summed E-state index contributed by atoms with van der Waals surface area (Å²) < 4.78 is 5.10. The van der Waals surface area contributed by atoms with Gasteiger partial charge in [-0.05, 0) is 72.9 Å². The maximum atomic E-state index is 13.5. The van der Waals surface area contributed by atoms with Crippen LogP contribution in [0.3, 0.4) is 0 Å². The first-order valence-corrected chi connectivity index (χ1v) is 15.6. The van der Waals surface area contributed by atoms with Crippen molar-refractivity contribution in [1.82, 2.24) is 0 Å². The number of rotatable bonds is 9. The third-order valence-corrected chi connectivity index (χ3v) is 10.1. The molecule has 0 radical (unpaired) electrons. The molecule has 2 aromatic carbocycles. The lowest BCUT2D eigenvalue weighted by atomic mass is 9.72. The monoisotopic (exact) mass is 608 g/mol. The predicted molar refractivity (Wildman–Crippen MR) is 167 cm³/mol. The summed E-state index contributed by atoms with van der Waals surface area (Å²) in [7, 11) is 1.36. The van der Waals surface area contributed by atoms with E-state index < -0.39 is 23.1 Å². The van der Waals surface area contributed by atoms with Gasteiger partial charge < -0.3 is 20.5 Å². The molecule has 4 rings (SSSR count). The molecule has 0 saturated heterocycles. The van der Waals surface area contributed by atoms with E-state index in [1.165, 1.54) is 42.3 Å². The summed E-state index contributed by atoms with van der Waals surface area (Å²) in [6, 6.07) is 13.1. The average Bonchev–Trinajstić information content (AvgIpc) is 3.32. The fraction of sp³-hybridized carbons (Fsp3) is 0.375. The second-order valence-corrected chi connectivity index (χ2v) is 13.7. The number of carbonyl (C=O) groups is 4. The van der Waals surface area contributed by atoms with Crippen molar-refractivity contribution >= 4 is 57.5 Å². The fourth-order valence-electron chi connectivity index (χ4n) is 5.12. The van der Waals surface area contributed by atoms with E-state index in [0.717, 1.165) is 34.6 Å². The normalized spacial score (nSPS) is 15.3. The maximum absolute atomic E-state index is 13.5. The molecular weight excluding hydrogens is 572 g/mol. The number of esters is 1. The minimum atomic E-state index is -1.18. The Bertz CT molecular complexity index is 1510. The van der Waals surface area contributed by atoms with Crippen LogP contribution in [0.4, 0.5) is 10.7 Å². The molecule has 2 atom stereocenters. The molecule has 1 aromatic heterocycles. The van der Waals surface area contributed by atoms with Gasteiger partial charge in [-0.3, -0.25) is 9.59 Å². The van der Waals surface area contributed by atoms with Gasteiger partial charge in [0.15, 0.2) is 0 Å². The Morgan fingerprint density at radius 1 is 1.07 bits per heavy atom. The quantitative estimate of drug-likeness (QED) is 0.174. The molecular formula is C32H36N2O6S2. The average molecular weight is 609 g/mol. The number of carboxylic acid groups (broad SMARTS) is 1. The highest BCUT2D eigenvalue weighted by Crippen LogP contribution is 2.44. The summed E-state index contributed by atoms with van der Waals surface area (Å²) in [6.07, 6.45) is 3.15. The van der Waals surface area contributed by atoms with E-state index in [1.54, 1.807) is 30.3 Å². The molecule has 0 fully saturated rings. The highest BCUT2D eigenvalue weighted by molar-refractivity contribution is 8.00. The third kappa shape index (κ3) is 7.04. The van der Waals surface area contributed by atoms with Gasteiger partial charge in [-0.1, -0.05) is 45.9 Å². The topological polar surface area (TPSA) is 122 Å². The van der Waals surface area contributed by atoms with Crippen LogP contribution in [0.15, 0.2) is 53.4 Å². The Balaban J connectivity index is 1.50. The summed E-state index contributed by atoms with van der Waals surface area (Å²) in [5.74, 6) is -1.89. The first-order valence-electron chi connectivity index (χ1n) is 13.9. The standard InChI is InChI=1S/C32H36N2O6S2/c1-6-24(41-20-11-9-10-19(17-20)33-27(35)21-12-7-8-13-22(21)30(37)38)28(36)34-29-26(31(39)40-5)23-15-14-18(32(2,3)4)16-25(23)42-29/h7-13,17-18,24H,6,14-16H2,1-5H3,(H,33,35)(H,34,36)(H,37,38). The number of hydrogen-bond acceptors (Lipinski definition) is 7. The molecule has 0 saturated carbocycles. The molecule has 10 heteroatoms. The van der Waals surface area contributed by atoms with E-state index in [4.69, 9.17) is 4.74 Å². The van der Waals surface area contributed by atoms with Crippen LogP contribution in [0.1, 0.15) is 82.1 Å². The van der Waals surface area contributed by atoms with Gasteiger partial charge in [0.05, 0.1) is 29.1 Å². The number of benzene rings is 2. The van der Waals surface area contributed by atoms with Gasteiger partial charge in [0.25, 0.3) is 5.91 Å². The SMILES string of the molecule is CCC(Sc1cccc(NC(=O)c2ccccc2C(=O)O)c1)C(=O)Nc1sc2c(c1C(=O)OC)CCC(C(C)(C)C)C2. The van der Waals surface area contributed by atoms with Crippen molar-refractivity contribution in [3.63, 3.8) is 0 Å². The number of fused-ring (bicyclic) bond motifs is 1. The Kier molecular flexibility index (Phi) is 9.78. The highest BCUT2D eigenvalue weighted by Gasteiger charge is 2.35. The molecule has 42 heavy (non-hydrogen) atoms. The maximum Gasteiger partial charge on any atom is 0.341 e. The molecule has 2 unspecified atom stereocenters. The Morgan fingerprint density at radius 2 is 1.79 bits per heavy atom. The van der Waals surface area contributed by atoms with E-state index in [1.807, 2.05) is 13.0 Å². The van der Waals surface area contributed by atoms with Gasteiger partial charge in [-0.25, -0.2) is 9.59 Å². The van der Waals surface area contributed by atoms with Crippen molar-refractivity contribution < 1.29 is 29.0 Å². The van der Waals surface area contributed by atoms with Crippen molar-refractivity contribution in [2.24, 2.45) is 11.3 Å². The Hall–Kier alpha value is -3.63. The van der Waals surface area contributed by atoms with Crippen molar-refractivity contribution in [3.8, 4) is 0 Å². The molecule has 3 aromatic rings. The first kappa shape index (κ1) is 31.3. The lowest BCUT2D eigenvalue weighted by Gasteiger charge is -2.33. The lowest BCUT2D eigenvalue weighted by molar-refractivity contribution is -0.115. The summed E-state index contributed by atoms with van der Waals surface area (Å²) in [4.78, 5) is 52.5. The van der Waals surface area contributed by atoms with Crippen LogP contribution in [0.2, 0.25) is 0 Å². The van der Waals surface area contributed by atoms with Crippen LogP contribution < -0.4 is 10.6 Å². The first-order chi connectivity index (χ1) is 19.9. The molecule has 1 aliphatic carbocycles. The zero-order chi connectivity index (χ0) is 30.6. The van der Waals surface area contributed by atoms with Crippen LogP contribution in [0.25, 0.3) is 0 Å². The molecule has 8 nitrogen and oxygen atoms in total. The van der Waals surface area contributed by atoms with Crippen molar-refractivity contribution in [1.29, 1.82) is 0 Å². The third-order valence-electron chi connectivity index (χ3n) is 7.55. The molecule has 2 amide bonds. The van der Waals surface area contributed by atoms with E-state index in [-0.39, 0.29) is 22.4 Å². The van der Waals surface area contributed by atoms with Gasteiger partial charge in [-0.2, -0.15) is 0 Å². The van der Waals surface area contributed by atoms with E-state index in [0.29, 0.717) is 28.6 Å². The van der Waals surface area contributed by atoms with E-state index in [2.05, 4.69) is 31.4 Å². The molecule has 0 aliphatic heterocycles. The number of nitrogens with one attached hydrogen (secondary N) is 2. The minimum absolute atomic E-state index is 0.0581. The molecule has 0 bridgehead atoms. The lowest BCUT2D eigenvalue weighted by Crippen LogP contribution is -2.27. The summed E-state index contributed by atoms with van der Waals surface area (Å²) in [5.41, 5.74) is 2.05. The summed E-state index contributed by atoms with van der Waals surface area (Å²) >= 11 is 2.82. The smallest absolute Gasteiger partial charge is 0.341 e. The van der Waals surface area contributed by atoms with Crippen LogP contribution in [0, 0.1) is 11.3 Å². The zero-order valence-electron chi connectivity index (χ0n) is 24.4. The van der Waals surface area contributed by atoms with Gasteiger partial charge in [0, 0.05) is 15.5 Å². The Labute approximate surface area is 254 Å². The van der Waals surface area contributed by atoms with E-state index in [9.17, 15) is 24.3 Å². The van der Waals surface area contributed by atoms with Crippen molar-refractivity contribution in [2.45, 2.75) is 63.5 Å². The number of aromatic carboxylic acids is 1. The summed E-state index contributed by atoms with van der Waals surface area (Å²) in [6.45, 7) is 8.62. The van der Waals surface area contributed by atoms with Gasteiger partial charge >= 0.3 is 11.9 Å². The molecule has 1 aliphatic rings. The minimum Gasteiger partial charge on any atom is -0.478 e. The molecule has 3 N–H and O–H groups in total. The number of carbonyl (C=O) groups excluding carboxylic acids is 3. The molecule has 0 spiro atoms. The van der Waals surface area contributed by atoms with E-state index >= 15 is 0 Å². The number of ether oxygens (including phenoxy) is 1. The number of thiophene rings is 1. The molecule has 222 valence electrons. The highest BCUT2D eigenvalue weighted by atomic mass is 32.2. The number of methoxy groups -OCH3 is 1. The van der Waals surface area contributed by atoms with Crippen LogP contribution in [-0.2, 0) is 22.4 Å². The summed E-state index contributed by atoms with van der Waals surface area (Å²) in [5, 5.41) is 15.3. The number of amides is 2. The number of hydrogen-bond donors (Lipinski definition) is 3. The van der Waals surface area contributed by atoms with Crippen LogP contribution in [0.5, 0.6) is 0 Å².